The van der Waals surface area contributed by atoms with Crippen LogP contribution in [0.25, 0.3) is 16.3 Å². The summed E-state index contributed by atoms with van der Waals surface area (Å²) in [5, 5.41) is 2.55. The Morgan fingerprint density at radius 2 is 1.70 bits per heavy atom. The molecule has 0 bridgehead atoms. The molecule has 2 heterocycles. The molecule has 0 saturated carbocycles. The van der Waals surface area contributed by atoms with Crippen LogP contribution in [0.1, 0.15) is 43.3 Å². The Labute approximate surface area is 205 Å². The number of allylic oxidation sites excluding steroid dienone is 2. The van der Waals surface area contributed by atoms with E-state index in [9.17, 15) is 0 Å². The molecule has 0 unspecified atom stereocenters. The fraction of sp³-hybridized carbons (Fsp3) is 0.370. The van der Waals surface area contributed by atoms with Crippen LogP contribution in [-0.4, -0.2) is 20.8 Å². The number of thioether (sulfide) groups is 1. The monoisotopic (exact) mass is 481 g/mol. The minimum Gasteiger partial charge on any atom is -0.493 e. The van der Waals surface area contributed by atoms with E-state index in [2.05, 4.69) is 80.5 Å². The molecule has 1 aromatic heterocycles. The summed E-state index contributed by atoms with van der Waals surface area (Å²) >= 11 is 3.68. The van der Waals surface area contributed by atoms with Crippen LogP contribution in [-0.2, 0) is 6.54 Å². The molecule has 0 aliphatic carbocycles. The van der Waals surface area contributed by atoms with Crippen molar-refractivity contribution >= 4 is 45.1 Å². The maximum Gasteiger partial charge on any atom is 0.263 e. The van der Waals surface area contributed by atoms with Crippen molar-refractivity contribution in [3.05, 3.63) is 57.1 Å². The molecule has 174 valence electrons. The Balaban J connectivity index is 1.76. The molecule has 0 saturated heterocycles. The van der Waals surface area contributed by atoms with Gasteiger partial charge in [0.05, 0.1) is 24.9 Å². The molecule has 0 radical (unpaired) electrons. The van der Waals surface area contributed by atoms with Gasteiger partial charge in [0.25, 0.3) is 5.01 Å². The second-order valence-electron chi connectivity index (χ2n) is 8.17. The maximum absolute atomic E-state index is 5.55. The molecule has 0 fully saturated rings. The van der Waals surface area contributed by atoms with E-state index in [1.165, 1.54) is 47.5 Å². The molecule has 1 aliphatic rings. The Hall–Kier alpha value is -2.44. The fourth-order valence-corrected chi connectivity index (χ4v) is 6.71. The molecule has 1 aliphatic heterocycles. The Kier molecular flexibility index (Phi) is 7.05. The minimum atomic E-state index is 0.766. The molecule has 33 heavy (non-hydrogen) atoms. The standard InChI is InChI=1S/C27H33N2O2S2/c1-8-19(13-26-28(9-2)20-11-17(4)18(5)12-24(20)32-26)14-27-29(10-3)21-15-22(30-6)23(31-7)16-25(21)33-27/h11-16H,8-10H2,1-7H3/q+1. The molecular formula is C27H33N2O2S2+. The predicted octanol–water partition coefficient (Wildman–Crippen LogP) is 7.11. The van der Waals surface area contributed by atoms with Crippen LogP contribution < -0.4 is 18.9 Å². The highest BCUT2D eigenvalue weighted by molar-refractivity contribution is 8.03. The van der Waals surface area contributed by atoms with E-state index < -0.39 is 0 Å². The SMILES string of the molecule is CCC(=Cc1sc2cc(C)c(C)cc2[n+]1CC)C=C1Sc2cc(OC)c(OC)cc2N1CC. The van der Waals surface area contributed by atoms with Crippen LogP contribution >= 0.6 is 23.1 Å². The van der Waals surface area contributed by atoms with Gasteiger partial charge in [0.2, 0.25) is 5.52 Å². The van der Waals surface area contributed by atoms with E-state index >= 15 is 0 Å². The summed E-state index contributed by atoms with van der Waals surface area (Å²) in [6.45, 7) is 12.9. The van der Waals surface area contributed by atoms with Crippen LogP contribution in [0.4, 0.5) is 5.69 Å². The van der Waals surface area contributed by atoms with Crippen molar-refractivity contribution in [2.45, 2.75) is 52.5 Å². The summed E-state index contributed by atoms with van der Waals surface area (Å²) in [7, 11) is 3.38. The largest absolute Gasteiger partial charge is 0.493 e. The van der Waals surface area contributed by atoms with Gasteiger partial charge in [-0.2, -0.15) is 4.57 Å². The number of nitrogens with zero attached hydrogens (tertiary/aromatic N) is 2. The molecule has 6 heteroatoms. The smallest absolute Gasteiger partial charge is 0.263 e. The van der Waals surface area contributed by atoms with Gasteiger partial charge in [0.1, 0.15) is 11.2 Å². The van der Waals surface area contributed by atoms with Crippen LogP contribution in [0, 0.1) is 13.8 Å². The van der Waals surface area contributed by atoms with Gasteiger partial charge in [-0.15, -0.1) is 0 Å². The van der Waals surface area contributed by atoms with Crippen molar-refractivity contribution < 1.29 is 14.0 Å². The lowest BCUT2D eigenvalue weighted by Crippen LogP contribution is -2.33. The molecule has 3 aromatic rings. The lowest BCUT2D eigenvalue weighted by atomic mass is 10.1. The third-order valence-corrected chi connectivity index (χ3v) is 8.43. The van der Waals surface area contributed by atoms with Gasteiger partial charge in [-0.05, 0) is 63.0 Å². The van der Waals surface area contributed by atoms with Gasteiger partial charge in [-0.1, -0.05) is 30.0 Å². The molecule has 0 atom stereocenters. The highest BCUT2D eigenvalue weighted by Crippen LogP contribution is 2.50. The van der Waals surface area contributed by atoms with Crippen LogP contribution in [0.15, 0.2) is 45.8 Å². The second kappa shape index (κ2) is 9.82. The summed E-state index contributed by atoms with van der Waals surface area (Å²) in [5.41, 5.74) is 6.53. The van der Waals surface area contributed by atoms with E-state index in [4.69, 9.17) is 9.47 Å². The number of methoxy groups -OCH3 is 2. The number of fused-ring (bicyclic) bond motifs is 2. The number of thiazole rings is 1. The summed E-state index contributed by atoms with van der Waals surface area (Å²) in [6, 6.07) is 8.82. The predicted molar refractivity (Wildman–Crippen MR) is 142 cm³/mol. The van der Waals surface area contributed by atoms with E-state index in [1.54, 1.807) is 26.0 Å². The first kappa shape index (κ1) is 23.7. The Morgan fingerprint density at radius 1 is 1.00 bits per heavy atom. The van der Waals surface area contributed by atoms with Gasteiger partial charge < -0.3 is 14.4 Å². The lowest BCUT2D eigenvalue weighted by Gasteiger charge is -2.19. The number of benzene rings is 2. The van der Waals surface area contributed by atoms with E-state index in [-0.39, 0.29) is 0 Å². The van der Waals surface area contributed by atoms with E-state index in [0.29, 0.717) is 0 Å². The molecule has 4 rings (SSSR count). The van der Waals surface area contributed by atoms with E-state index in [0.717, 1.165) is 31.0 Å². The number of ether oxygens (including phenoxy) is 2. The van der Waals surface area contributed by atoms with Crippen molar-refractivity contribution in [1.29, 1.82) is 0 Å². The third kappa shape index (κ3) is 4.38. The Morgan fingerprint density at radius 3 is 2.33 bits per heavy atom. The van der Waals surface area contributed by atoms with Crippen molar-refractivity contribution in [1.82, 2.24) is 0 Å². The van der Waals surface area contributed by atoms with Gasteiger partial charge in [0.15, 0.2) is 11.5 Å². The quantitative estimate of drug-likeness (QED) is 0.336. The van der Waals surface area contributed by atoms with Gasteiger partial charge in [-0.25, -0.2) is 0 Å². The maximum atomic E-state index is 5.55. The van der Waals surface area contributed by atoms with Gasteiger partial charge in [0, 0.05) is 35.7 Å². The molecule has 0 N–H and O–H groups in total. The molecule has 0 amide bonds. The number of aryl methyl sites for hydroxylation is 3. The number of hydrogen-bond donors (Lipinski definition) is 0. The first-order valence-electron chi connectivity index (χ1n) is 11.5. The first-order valence-corrected chi connectivity index (χ1v) is 13.1. The van der Waals surface area contributed by atoms with Gasteiger partial charge in [-0.3, -0.25) is 0 Å². The zero-order chi connectivity index (χ0) is 23.7. The van der Waals surface area contributed by atoms with E-state index in [1.807, 2.05) is 11.3 Å². The number of rotatable bonds is 7. The average molecular weight is 482 g/mol. The summed E-state index contributed by atoms with van der Waals surface area (Å²) in [5.74, 6) is 1.54. The second-order valence-corrected chi connectivity index (χ2v) is 10.3. The van der Waals surface area contributed by atoms with Crippen molar-refractivity contribution in [3.63, 3.8) is 0 Å². The zero-order valence-electron chi connectivity index (χ0n) is 20.6. The van der Waals surface area contributed by atoms with Crippen LogP contribution in [0.2, 0.25) is 0 Å². The van der Waals surface area contributed by atoms with Gasteiger partial charge >= 0.3 is 0 Å². The van der Waals surface area contributed by atoms with Crippen LogP contribution in [0.5, 0.6) is 11.5 Å². The lowest BCUT2D eigenvalue weighted by molar-refractivity contribution is -0.665. The number of hydrogen-bond acceptors (Lipinski definition) is 5. The molecule has 0 spiro atoms. The van der Waals surface area contributed by atoms with Crippen LogP contribution in [0.3, 0.4) is 0 Å². The minimum absolute atomic E-state index is 0.766. The molecular weight excluding hydrogens is 448 g/mol. The number of aromatic nitrogens is 1. The highest BCUT2D eigenvalue weighted by Gasteiger charge is 2.27. The normalized spacial score (nSPS) is 14.9. The van der Waals surface area contributed by atoms with Crippen molar-refractivity contribution in [3.8, 4) is 11.5 Å². The summed E-state index contributed by atoms with van der Waals surface area (Å²) < 4.78 is 14.9. The molecule has 4 nitrogen and oxygen atoms in total. The van der Waals surface area contributed by atoms with Crippen molar-refractivity contribution in [2.75, 3.05) is 25.7 Å². The number of anilines is 1. The summed E-state index contributed by atoms with van der Waals surface area (Å²) in [4.78, 5) is 3.56. The first-order chi connectivity index (χ1) is 15.9. The fourth-order valence-electron chi connectivity index (χ4n) is 4.21. The van der Waals surface area contributed by atoms with Crippen molar-refractivity contribution in [2.24, 2.45) is 0 Å². The summed E-state index contributed by atoms with van der Waals surface area (Å²) in [6.07, 6.45) is 5.68. The zero-order valence-corrected chi connectivity index (χ0v) is 22.2. The third-order valence-electron chi connectivity index (χ3n) is 6.24. The average Bonchev–Trinajstić information content (AvgIpc) is 3.33. The highest BCUT2D eigenvalue weighted by atomic mass is 32.2. The topological polar surface area (TPSA) is 25.6 Å². The Bertz CT molecular complexity index is 1260. The molecule has 2 aromatic carbocycles.